The minimum absolute atomic E-state index is 0.128. The van der Waals surface area contributed by atoms with Gasteiger partial charge in [-0.1, -0.05) is 42.5 Å². The zero-order valence-corrected chi connectivity index (χ0v) is 13.3. The van der Waals surface area contributed by atoms with E-state index in [1.165, 1.54) is 0 Å². The predicted octanol–water partition coefficient (Wildman–Crippen LogP) is 3.01. The van der Waals surface area contributed by atoms with Crippen LogP contribution in [-0.4, -0.2) is 30.9 Å². The summed E-state index contributed by atoms with van der Waals surface area (Å²) >= 11 is 0. The van der Waals surface area contributed by atoms with Gasteiger partial charge in [-0.25, -0.2) is 4.79 Å². The van der Waals surface area contributed by atoms with Crippen molar-refractivity contribution in [2.24, 2.45) is 0 Å². The Morgan fingerprint density at radius 1 is 1.08 bits per heavy atom. The van der Waals surface area contributed by atoms with E-state index in [-0.39, 0.29) is 6.61 Å². The zero-order chi connectivity index (χ0) is 16.8. The van der Waals surface area contributed by atoms with Crippen LogP contribution in [0.5, 0.6) is 0 Å². The number of ether oxygens (including phenoxy) is 3. The van der Waals surface area contributed by atoms with Gasteiger partial charge in [-0.2, -0.15) is 0 Å². The average molecular weight is 328 g/mol. The van der Waals surface area contributed by atoms with Gasteiger partial charge in [0.2, 0.25) is 0 Å². The molecule has 5 heteroatoms. The first kappa shape index (κ1) is 16.6. The van der Waals surface area contributed by atoms with Crippen molar-refractivity contribution < 1.29 is 24.1 Å². The molecule has 1 aliphatic heterocycles. The summed E-state index contributed by atoms with van der Waals surface area (Å²) in [6.45, 7) is 1.12. The Balaban J connectivity index is 1.66. The summed E-state index contributed by atoms with van der Waals surface area (Å²) in [5.74, 6) is -0.461. The van der Waals surface area contributed by atoms with Crippen LogP contribution in [0.15, 0.2) is 54.6 Å². The van der Waals surface area contributed by atoms with E-state index < -0.39 is 18.4 Å². The number of hydrogen-bond acceptors (Lipinski definition) is 5. The molecule has 0 amide bonds. The molecule has 1 fully saturated rings. The topological polar surface area (TPSA) is 65.0 Å². The Hall–Kier alpha value is -2.21. The largest absolute Gasteiger partial charge is 0.459 e. The third-order valence-corrected chi connectivity index (χ3v) is 3.82. The van der Waals surface area contributed by atoms with Crippen molar-refractivity contribution in [3.63, 3.8) is 0 Å². The van der Waals surface area contributed by atoms with Crippen LogP contribution < -0.4 is 0 Å². The van der Waals surface area contributed by atoms with E-state index in [9.17, 15) is 9.90 Å². The van der Waals surface area contributed by atoms with Crippen molar-refractivity contribution in [3.05, 3.63) is 71.3 Å². The van der Waals surface area contributed by atoms with Gasteiger partial charge in [0.05, 0.1) is 18.8 Å². The van der Waals surface area contributed by atoms with Crippen molar-refractivity contribution in [1.29, 1.82) is 0 Å². The molecule has 24 heavy (non-hydrogen) atoms. The van der Waals surface area contributed by atoms with Gasteiger partial charge in [0.15, 0.2) is 6.29 Å². The van der Waals surface area contributed by atoms with E-state index in [4.69, 9.17) is 14.2 Å². The van der Waals surface area contributed by atoms with Gasteiger partial charge in [0.1, 0.15) is 12.7 Å². The summed E-state index contributed by atoms with van der Waals surface area (Å²) in [4.78, 5) is 12.0. The third-order valence-electron chi connectivity index (χ3n) is 3.82. The molecule has 0 radical (unpaired) electrons. The number of aliphatic hydroxyl groups excluding tert-OH is 1. The lowest BCUT2D eigenvalue weighted by Gasteiger charge is -2.26. The second-order valence-electron chi connectivity index (χ2n) is 5.54. The van der Waals surface area contributed by atoms with Crippen LogP contribution in [0.1, 0.15) is 40.3 Å². The van der Waals surface area contributed by atoms with Gasteiger partial charge < -0.3 is 19.3 Å². The van der Waals surface area contributed by atoms with Crippen molar-refractivity contribution >= 4 is 5.97 Å². The number of carbonyl (C=O) groups is 1. The lowest BCUT2D eigenvalue weighted by molar-refractivity contribution is -0.183. The summed E-state index contributed by atoms with van der Waals surface area (Å²) in [6.07, 6.45) is -0.576. The van der Waals surface area contributed by atoms with Crippen LogP contribution in [0.3, 0.4) is 0 Å². The standard InChI is InChI=1S/C19H20O5/c20-17(13-24-18(21)14-7-2-1-3-8-14)15-9-4-5-10-16(15)19-22-11-6-12-23-19/h1-5,7-10,17,19-20H,6,11-13H2/t17-/m1/s1. The molecule has 1 saturated heterocycles. The predicted molar refractivity (Wildman–Crippen MR) is 87.4 cm³/mol. The minimum atomic E-state index is -0.942. The number of benzene rings is 2. The smallest absolute Gasteiger partial charge is 0.338 e. The van der Waals surface area contributed by atoms with E-state index in [1.54, 1.807) is 30.3 Å². The highest BCUT2D eigenvalue weighted by atomic mass is 16.7. The van der Waals surface area contributed by atoms with E-state index in [2.05, 4.69) is 0 Å². The van der Waals surface area contributed by atoms with Crippen LogP contribution in [0.4, 0.5) is 0 Å². The third kappa shape index (κ3) is 4.00. The van der Waals surface area contributed by atoms with Crippen LogP contribution in [0.25, 0.3) is 0 Å². The number of carbonyl (C=O) groups excluding carboxylic acids is 1. The van der Waals surface area contributed by atoms with E-state index in [0.717, 1.165) is 12.0 Å². The average Bonchev–Trinajstić information content (AvgIpc) is 2.67. The SMILES string of the molecule is O=C(OC[C@@H](O)c1ccccc1C1OCCCO1)c1ccccc1. The normalized spacial score (nSPS) is 16.5. The monoisotopic (exact) mass is 328 g/mol. The molecular weight excluding hydrogens is 308 g/mol. The van der Waals surface area contributed by atoms with Crippen molar-refractivity contribution in [1.82, 2.24) is 0 Å². The first-order valence-electron chi connectivity index (χ1n) is 7.98. The van der Waals surface area contributed by atoms with E-state index in [0.29, 0.717) is 24.3 Å². The lowest BCUT2D eigenvalue weighted by atomic mass is 10.0. The molecule has 0 unspecified atom stereocenters. The van der Waals surface area contributed by atoms with Gasteiger partial charge in [0.25, 0.3) is 0 Å². The van der Waals surface area contributed by atoms with E-state index >= 15 is 0 Å². The number of hydrogen-bond donors (Lipinski definition) is 1. The van der Waals surface area contributed by atoms with Crippen molar-refractivity contribution in [2.75, 3.05) is 19.8 Å². The maximum absolute atomic E-state index is 12.0. The van der Waals surface area contributed by atoms with Crippen LogP contribution in [0.2, 0.25) is 0 Å². The first-order valence-corrected chi connectivity index (χ1v) is 7.98. The van der Waals surface area contributed by atoms with Gasteiger partial charge in [-0.3, -0.25) is 0 Å². The Morgan fingerprint density at radius 3 is 2.50 bits per heavy atom. The van der Waals surface area contributed by atoms with E-state index in [1.807, 2.05) is 24.3 Å². The summed E-state index contributed by atoms with van der Waals surface area (Å²) < 4.78 is 16.4. The van der Waals surface area contributed by atoms with Crippen LogP contribution in [0, 0.1) is 0 Å². The molecule has 2 aromatic carbocycles. The Bertz CT molecular complexity index is 664. The molecule has 1 aliphatic rings. The van der Waals surface area contributed by atoms with Gasteiger partial charge in [0, 0.05) is 5.56 Å². The molecule has 0 aliphatic carbocycles. The molecular formula is C19H20O5. The molecule has 5 nitrogen and oxygen atoms in total. The van der Waals surface area contributed by atoms with Gasteiger partial charge >= 0.3 is 5.97 Å². The highest BCUT2D eigenvalue weighted by molar-refractivity contribution is 5.89. The molecule has 1 heterocycles. The highest BCUT2D eigenvalue weighted by Crippen LogP contribution is 2.29. The Morgan fingerprint density at radius 2 is 1.75 bits per heavy atom. The van der Waals surface area contributed by atoms with Gasteiger partial charge in [-0.05, 0) is 24.1 Å². The molecule has 0 spiro atoms. The quantitative estimate of drug-likeness (QED) is 0.855. The Kier molecular flexibility index (Phi) is 5.59. The summed E-state index contributed by atoms with van der Waals surface area (Å²) in [5.41, 5.74) is 1.86. The highest BCUT2D eigenvalue weighted by Gasteiger charge is 2.23. The molecule has 1 atom stereocenters. The number of aliphatic hydroxyl groups is 1. The molecule has 0 aromatic heterocycles. The first-order chi connectivity index (χ1) is 11.8. The molecule has 126 valence electrons. The molecule has 1 N–H and O–H groups in total. The minimum Gasteiger partial charge on any atom is -0.459 e. The maximum atomic E-state index is 12.0. The van der Waals surface area contributed by atoms with Crippen LogP contribution >= 0.6 is 0 Å². The zero-order valence-electron chi connectivity index (χ0n) is 13.3. The van der Waals surface area contributed by atoms with Crippen LogP contribution in [-0.2, 0) is 14.2 Å². The van der Waals surface area contributed by atoms with Crippen molar-refractivity contribution in [2.45, 2.75) is 18.8 Å². The summed E-state index contributed by atoms with van der Waals surface area (Å²) in [6, 6.07) is 16.0. The fraction of sp³-hybridized carbons (Fsp3) is 0.316. The molecule has 2 aromatic rings. The Labute approximate surface area is 140 Å². The van der Waals surface area contributed by atoms with Crippen molar-refractivity contribution in [3.8, 4) is 0 Å². The number of rotatable bonds is 5. The molecule has 3 rings (SSSR count). The molecule has 0 saturated carbocycles. The summed E-state index contributed by atoms with van der Waals surface area (Å²) in [7, 11) is 0. The fourth-order valence-corrected chi connectivity index (χ4v) is 2.60. The lowest BCUT2D eigenvalue weighted by Crippen LogP contribution is -2.21. The second-order valence-corrected chi connectivity index (χ2v) is 5.54. The fourth-order valence-electron chi connectivity index (χ4n) is 2.60. The molecule has 0 bridgehead atoms. The summed E-state index contributed by atoms with van der Waals surface area (Å²) in [5, 5.41) is 10.4. The second kappa shape index (κ2) is 8.06. The number of esters is 1. The van der Waals surface area contributed by atoms with Gasteiger partial charge in [-0.15, -0.1) is 0 Å². The maximum Gasteiger partial charge on any atom is 0.338 e.